The Bertz CT molecular complexity index is 675. The minimum absolute atomic E-state index is 0.0454. The van der Waals surface area contributed by atoms with Gasteiger partial charge in [-0.3, -0.25) is 0 Å². The third-order valence-electron chi connectivity index (χ3n) is 3.12. The minimum atomic E-state index is -4.66. The smallest absolute Gasteiger partial charge is 0.451 e. The van der Waals surface area contributed by atoms with Gasteiger partial charge in [-0.2, -0.15) is 13.2 Å². The quantitative estimate of drug-likeness (QED) is 0.821. The van der Waals surface area contributed by atoms with Crippen LogP contribution in [0.1, 0.15) is 5.82 Å². The van der Waals surface area contributed by atoms with Crippen LogP contribution in [-0.2, 0) is 15.7 Å². The minimum Gasteiger partial charge on any atom is -0.497 e. The number of hydrogen-bond donors (Lipinski definition) is 1. The van der Waals surface area contributed by atoms with Gasteiger partial charge in [0.2, 0.25) is 5.82 Å². The second-order valence-electron chi connectivity index (χ2n) is 4.56. The highest BCUT2D eigenvalue weighted by atomic mass is 19.4. The largest absolute Gasteiger partial charge is 0.497 e. The summed E-state index contributed by atoms with van der Waals surface area (Å²) in [6.45, 7) is 0.127. The molecule has 0 saturated heterocycles. The summed E-state index contributed by atoms with van der Waals surface area (Å²) >= 11 is 0. The predicted molar refractivity (Wildman–Crippen MR) is 77.4 cm³/mol. The van der Waals surface area contributed by atoms with Crippen molar-refractivity contribution in [3.8, 4) is 5.75 Å². The van der Waals surface area contributed by atoms with Crippen molar-refractivity contribution in [2.24, 2.45) is 0 Å². The fourth-order valence-corrected chi connectivity index (χ4v) is 1.94. The molecule has 0 aliphatic carbocycles. The number of nitrogens with one attached hydrogen (secondary N) is 1. The van der Waals surface area contributed by atoms with Gasteiger partial charge in [-0.05, 0) is 12.1 Å². The molecular weight excluding hydrogens is 315 g/mol. The zero-order valence-electron chi connectivity index (χ0n) is 12.8. The van der Waals surface area contributed by atoms with Crippen molar-refractivity contribution >= 4 is 16.7 Å². The van der Waals surface area contributed by atoms with E-state index in [1.807, 2.05) is 0 Å². The van der Waals surface area contributed by atoms with Crippen LogP contribution in [0.15, 0.2) is 18.2 Å². The van der Waals surface area contributed by atoms with Crippen molar-refractivity contribution in [3.05, 3.63) is 24.0 Å². The standard InChI is InChI=1S/C14H16F3N3O3/c1-21-8-4-5-9-10(6-8)19-13(14(15,16)17)20-12(9)18-7-11(22-2)23-3/h4-6,11H,7H2,1-3H3,(H,18,19,20). The molecule has 0 aliphatic heterocycles. The number of nitrogens with zero attached hydrogens (tertiary/aromatic N) is 2. The first-order valence-corrected chi connectivity index (χ1v) is 6.61. The molecule has 0 bridgehead atoms. The Kier molecular flexibility index (Phi) is 5.22. The summed E-state index contributed by atoms with van der Waals surface area (Å²) in [5.41, 5.74) is 0.126. The van der Waals surface area contributed by atoms with Gasteiger partial charge in [0.05, 0.1) is 19.2 Å². The Hall–Kier alpha value is -2.13. The fraction of sp³-hybridized carbons (Fsp3) is 0.429. The number of ether oxygens (including phenoxy) is 3. The van der Waals surface area contributed by atoms with Gasteiger partial charge in [0.1, 0.15) is 11.6 Å². The molecule has 1 heterocycles. The highest BCUT2D eigenvalue weighted by Crippen LogP contribution is 2.31. The summed E-state index contributed by atoms with van der Waals surface area (Å²) in [4.78, 5) is 7.13. The summed E-state index contributed by atoms with van der Waals surface area (Å²) in [6.07, 6.45) is -5.28. The molecule has 1 aromatic heterocycles. The second kappa shape index (κ2) is 6.97. The highest BCUT2D eigenvalue weighted by Gasteiger charge is 2.35. The van der Waals surface area contributed by atoms with E-state index in [1.165, 1.54) is 27.4 Å². The van der Waals surface area contributed by atoms with Gasteiger partial charge in [0, 0.05) is 25.7 Å². The maximum atomic E-state index is 13.0. The molecule has 0 atom stereocenters. The molecule has 0 radical (unpaired) electrons. The lowest BCUT2D eigenvalue weighted by atomic mass is 10.2. The Labute approximate surface area is 130 Å². The van der Waals surface area contributed by atoms with E-state index in [1.54, 1.807) is 12.1 Å². The molecule has 126 valence electrons. The topological polar surface area (TPSA) is 65.5 Å². The van der Waals surface area contributed by atoms with Crippen LogP contribution in [0.5, 0.6) is 5.75 Å². The van der Waals surface area contributed by atoms with Crippen LogP contribution in [0, 0.1) is 0 Å². The van der Waals surface area contributed by atoms with Crippen molar-refractivity contribution in [2.75, 3.05) is 33.2 Å². The lowest BCUT2D eigenvalue weighted by Gasteiger charge is -2.16. The van der Waals surface area contributed by atoms with Crippen LogP contribution in [0.3, 0.4) is 0 Å². The number of rotatable bonds is 6. The van der Waals surface area contributed by atoms with E-state index in [-0.39, 0.29) is 17.9 Å². The molecule has 0 fully saturated rings. The first-order chi connectivity index (χ1) is 10.9. The van der Waals surface area contributed by atoms with Gasteiger partial charge in [0.25, 0.3) is 0 Å². The number of benzene rings is 1. The van der Waals surface area contributed by atoms with Crippen LogP contribution in [0.4, 0.5) is 19.0 Å². The Balaban J connectivity index is 2.47. The predicted octanol–water partition coefficient (Wildman–Crippen LogP) is 2.69. The molecule has 0 saturated carbocycles. The summed E-state index contributed by atoms with van der Waals surface area (Å²) in [7, 11) is 4.29. The third-order valence-corrected chi connectivity index (χ3v) is 3.12. The molecule has 0 aliphatic rings. The molecule has 23 heavy (non-hydrogen) atoms. The first-order valence-electron chi connectivity index (χ1n) is 6.61. The number of aromatic nitrogens is 2. The maximum absolute atomic E-state index is 13.0. The number of alkyl halides is 3. The lowest BCUT2D eigenvalue weighted by Crippen LogP contribution is -2.24. The van der Waals surface area contributed by atoms with Crippen molar-refractivity contribution < 1.29 is 27.4 Å². The van der Waals surface area contributed by atoms with Crippen LogP contribution >= 0.6 is 0 Å². The number of hydrogen-bond acceptors (Lipinski definition) is 6. The van der Waals surface area contributed by atoms with Crippen molar-refractivity contribution in [1.29, 1.82) is 0 Å². The number of halogens is 3. The fourth-order valence-electron chi connectivity index (χ4n) is 1.94. The van der Waals surface area contributed by atoms with E-state index < -0.39 is 18.3 Å². The second-order valence-corrected chi connectivity index (χ2v) is 4.56. The van der Waals surface area contributed by atoms with E-state index in [0.717, 1.165) is 0 Å². The van der Waals surface area contributed by atoms with E-state index >= 15 is 0 Å². The summed E-state index contributed by atoms with van der Waals surface area (Å²) in [5, 5.41) is 3.23. The Morgan fingerprint density at radius 3 is 2.39 bits per heavy atom. The number of fused-ring (bicyclic) bond motifs is 1. The molecule has 6 nitrogen and oxygen atoms in total. The van der Waals surface area contributed by atoms with Gasteiger partial charge in [-0.15, -0.1) is 0 Å². The molecule has 2 aromatic rings. The number of anilines is 1. The maximum Gasteiger partial charge on any atom is 0.451 e. The Morgan fingerprint density at radius 2 is 1.83 bits per heavy atom. The van der Waals surface area contributed by atoms with E-state index in [9.17, 15) is 13.2 Å². The normalized spacial score (nSPS) is 12.0. The zero-order valence-corrected chi connectivity index (χ0v) is 12.8. The highest BCUT2D eigenvalue weighted by molar-refractivity contribution is 5.90. The number of methoxy groups -OCH3 is 3. The zero-order chi connectivity index (χ0) is 17.0. The van der Waals surface area contributed by atoms with Crippen LogP contribution in [-0.4, -0.2) is 44.1 Å². The van der Waals surface area contributed by atoms with Crippen LogP contribution in [0.2, 0.25) is 0 Å². The van der Waals surface area contributed by atoms with E-state index in [4.69, 9.17) is 14.2 Å². The average molecular weight is 331 g/mol. The van der Waals surface area contributed by atoms with Gasteiger partial charge in [-0.25, -0.2) is 9.97 Å². The molecule has 0 unspecified atom stereocenters. The van der Waals surface area contributed by atoms with Crippen molar-refractivity contribution in [1.82, 2.24) is 9.97 Å². The van der Waals surface area contributed by atoms with Gasteiger partial charge in [-0.1, -0.05) is 0 Å². The van der Waals surface area contributed by atoms with Crippen molar-refractivity contribution in [3.63, 3.8) is 0 Å². The first kappa shape index (κ1) is 17.2. The summed E-state index contributed by atoms with van der Waals surface area (Å²) in [5.74, 6) is -0.779. The van der Waals surface area contributed by atoms with Gasteiger partial charge < -0.3 is 19.5 Å². The molecule has 1 aromatic carbocycles. The van der Waals surface area contributed by atoms with Crippen LogP contribution in [0.25, 0.3) is 10.9 Å². The molecule has 2 rings (SSSR count). The molecule has 0 amide bonds. The monoisotopic (exact) mass is 331 g/mol. The molecule has 9 heteroatoms. The third kappa shape index (κ3) is 3.99. The summed E-state index contributed by atoms with van der Waals surface area (Å²) in [6, 6.07) is 4.63. The van der Waals surface area contributed by atoms with Gasteiger partial charge in [0.15, 0.2) is 6.29 Å². The van der Waals surface area contributed by atoms with E-state index in [2.05, 4.69) is 15.3 Å². The lowest BCUT2D eigenvalue weighted by molar-refractivity contribution is -0.144. The Morgan fingerprint density at radius 1 is 1.13 bits per heavy atom. The van der Waals surface area contributed by atoms with E-state index in [0.29, 0.717) is 11.1 Å². The summed E-state index contributed by atoms with van der Waals surface area (Å²) < 4.78 is 53.9. The molecular formula is C14H16F3N3O3. The SMILES string of the molecule is COc1ccc2c(NCC(OC)OC)nc(C(F)(F)F)nc2c1. The average Bonchev–Trinajstić information content (AvgIpc) is 2.53. The molecule has 0 spiro atoms. The van der Waals surface area contributed by atoms with Gasteiger partial charge >= 0.3 is 6.18 Å². The van der Waals surface area contributed by atoms with Crippen molar-refractivity contribution in [2.45, 2.75) is 12.5 Å². The molecule has 1 N–H and O–H groups in total. The van der Waals surface area contributed by atoms with Crippen LogP contribution < -0.4 is 10.1 Å².